The summed E-state index contributed by atoms with van der Waals surface area (Å²) in [5, 5.41) is 12.9. The van der Waals surface area contributed by atoms with Gasteiger partial charge in [-0.25, -0.2) is 0 Å². The highest BCUT2D eigenvalue weighted by molar-refractivity contribution is 5.42. The summed E-state index contributed by atoms with van der Waals surface area (Å²) >= 11 is 0. The van der Waals surface area contributed by atoms with Crippen LogP contribution in [0.5, 0.6) is 11.5 Å². The zero-order chi connectivity index (χ0) is 15.2. The number of nitrogens with one attached hydrogen (secondary N) is 1. The van der Waals surface area contributed by atoms with Crippen LogP contribution in [-0.2, 0) is 0 Å². The lowest BCUT2D eigenvalue weighted by Crippen LogP contribution is -2.35. The molecule has 2 N–H and O–H groups in total. The Morgan fingerprint density at radius 1 is 1.19 bits per heavy atom. The standard InChI is InChI=1S/C17H27NO3/c1-12(18-14-6-4-13(11-19)5-7-14)16-9-8-15(20-2)10-17(16)21-3/h8-10,12-14,18-19H,4-7,11H2,1-3H3. The monoisotopic (exact) mass is 293 g/mol. The fraction of sp³-hybridized carbons (Fsp3) is 0.647. The summed E-state index contributed by atoms with van der Waals surface area (Å²) in [5.74, 6) is 2.17. The summed E-state index contributed by atoms with van der Waals surface area (Å²) in [6.45, 7) is 2.50. The van der Waals surface area contributed by atoms with Crippen molar-refractivity contribution in [1.29, 1.82) is 0 Å². The average molecular weight is 293 g/mol. The van der Waals surface area contributed by atoms with Gasteiger partial charge in [-0.15, -0.1) is 0 Å². The van der Waals surface area contributed by atoms with E-state index in [1.807, 2.05) is 12.1 Å². The third-order valence-electron chi connectivity index (χ3n) is 4.50. The van der Waals surface area contributed by atoms with Crippen molar-refractivity contribution in [3.8, 4) is 11.5 Å². The highest BCUT2D eigenvalue weighted by Gasteiger charge is 2.23. The third kappa shape index (κ3) is 4.11. The first-order chi connectivity index (χ1) is 10.2. The average Bonchev–Trinajstić information content (AvgIpc) is 2.54. The Morgan fingerprint density at radius 2 is 1.90 bits per heavy atom. The minimum atomic E-state index is 0.238. The first-order valence-corrected chi connectivity index (χ1v) is 7.76. The second-order valence-electron chi connectivity index (χ2n) is 5.90. The molecule has 1 fully saturated rings. The highest BCUT2D eigenvalue weighted by atomic mass is 16.5. The fourth-order valence-electron chi connectivity index (χ4n) is 3.13. The molecule has 0 bridgehead atoms. The van der Waals surface area contributed by atoms with Gasteiger partial charge in [0.25, 0.3) is 0 Å². The van der Waals surface area contributed by atoms with Crippen LogP contribution >= 0.6 is 0 Å². The van der Waals surface area contributed by atoms with Crippen molar-refractivity contribution < 1.29 is 14.6 Å². The molecule has 1 aliphatic carbocycles. The summed E-state index contributed by atoms with van der Waals surface area (Å²) < 4.78 is 10.7. The lowest BCUT2D eigenvalue weighted by molar-refractivity contribution is 0.172. The second-order valence-corrected chi connectivity index (χ2v) is 5.90. The normalized spacial score (nSPS) is 23.6. The maximum absolute atomic E-state index is 9.21. The van der Waals surface area contributed by atoms with E-state index in [2.05, 4.69) is 18.3 Å². The molecule has 4 heteroatoms. The molecule has 0 spiro atoms. The van der Waals surface area contributed by atoms with E-state index in [0.29, 0.717) is 18.6 Å². The van der Waals surface area contributed by atoms with Gasteiger partial charge in [0, 0.05) is 30.3 Å². The molecule has 1 aliphatic rings. The van der Waals surface area contributed by atoms with E-state index in [0.717, 1.165) is 42.7 Å². The molecule has 1 saturated carbocycles. The van der Waals surface area contributed by atoms with Crippen molar-refractivity contribution in [3.63, 3.8) is 0 Å². The maximum Gasteiger partial charge on any atom is 0.127 e. The topological polar surface area (TPSA) is 50.7 Å². The quantitative estimate of drug-likeness (QED) is 0.847. The smallest absolute Gasteiger partial charge is 0.127 e. The van der Waals surface area contributed by atoms with Crippen LogP contribution in [0.15, 0.2) is 18.2 Å². The number of hydrogen-bond donors (Lipinski definition) is 2. The van der Waals surface area contributed by atoms with Crippen LogP contribution in [0.2, 0.25) is 0 Å². The number of benzene rings is 1. The third-order valence-corrected chi connectivity index (χ3v) is 4.50. The van der Waals surface area contributed by atoms with Crippen LogP contribution in [0.25, 0.3) is 0 Å². The number of aliphatic hydroxyl groups excluding tert-OH is 1. The SMILES string of the molecule is COc1ccc(C(C)NC2CCC(CO)CC2)c(OC)c1. The van der Waals surface area contributed by atoms with Crippen LogP contribution in [0, 0.1) is 5.92 Å². The van der Waals surface area contributed by atoms with Gasteiger partial charge >= 0.3 is 0 Å². The Morgan fingerprint density at radius 3 is 2.48 bits per heavy atom. The van der Waals surface area contributed by atoms with E-state index in [9.17, 15) is 5.11 Å². The van der Waals surface area contributed by atoms with Crippen molar-refractivity contribution in [2.75, 3.05) is 20.8 Å². The van der Waals surface area contributed by atoms with Gasteiger partial charge in [0.2, 0.25) is 0 Å². The molecule has 1 unspecified atom stereocenters. The predicted octanol–water partition coefficient (Wildman–Crippen LogP) is 2.91. The van der Waals surface area contributed by atoms with E-state index in [-0.39, 0.29) is 6.04 Å². The molecular formula is C17H27NO3. The van der Waals surface area contributed by atoms with Crippen molar-refractivity contribution in [2.24, 2.45) is 5.92 Å². The maximum atomic E-state index is 9.21. The van der Waals surface area contributed by atoms with Gasteiger partial charge in [0.15, 0.2) is 0 Å². The fourth-order valence-corrected chi connectivity index (χ4v) is 3.13. The summed E-state index contributed by atoms with van der Waals surface area (Å²) in [6, 6.07) is 6.72. The van der Waals surface area contributed by atoms with E-state index in [4.69, 9.17) is 9.47 Å². The molecule has 0 aromatic heterocycles. The van der Waals surface area contributed by atoms with Gasteiger partial charge in [-0.2, -0.15) is 0 Å². The second kappa shape index (κ2) is 7.66. The van der Waals surface area contributed by atoms with E-state index < -0.39 is 0 Å². The molecule has 1 aromatic rings. The molecule has 0 amide bonds. The minimum Gasteiger partial charge on any atom is -0.497 e. The summed E-state index contributed by atoms with van der Waals surface area (Å²) in [7, 11) is 3.35. The molecule has 118 valence electrons. The molecule has 0 heterocycles. The number of ether oxygens (including phenoxy) is 2. The van der Waals surface area contributed by atoms with E-state index in [1.54, 1.807) is 14.2 Å². The predicted molar refractivity (Wildman–Crippen MR) is 83.9 cm³/mol. The van der Waals surface area contributed by atoms with Gasteiger partial charge in [-0.05, 0) is 44.6 Å². The number of hydrogen-bond acceptors (Lipinski definition) is 4. The van der Waals surface area contributed by atoms with Crippen LogP contribution in [0.4, 0.5) is 0 Å². The van der Waals surface area contributed by atoms with E-state index in [1.165, 1.54) is 0 Å². The molecule has 1 aromatic carbocycles. The van der Waals surface area contributed by atoms with Crippen LogP contribution in [-0.4, -0.2) is 32.0 Å². The van der Waals surface area contributed by atoms with Gasteiger partial charge in [0.1, 0.15) is 11.5 Å². The van der Waals surface area contributed by atoms with Crippen LogP contribution < -0.4 is 14.8 Å². The van der Waals surface area contributed by atoms with Crippen molar-refractivity contribution in [3.05, 3.63) is 23.8 Å². The Hall–Kier alpha value is -1.26. The van der Waals surface area contributed by atoms with Gasteiger partial charge in [-0.1, -0.05) is 6.07 Å². The minimum absolute atomic E-state index is 0.238. The van der Waals surface area contributed by atoms with Crippen LogP contribution in [0.3, 0.4) is 0 Å². The zero-order valence-electron chi connectivity index (χ0n) is 13.3. The van der Waals surface area contributed by atoms with Gasteiger partial charge in [-0.3, -0.25) is 0 Å². The molecule has 1 atom stereocenters. The van der Waals surface area contributed by atoms with Crippen LogP contribution in [0.1, 0.15) is 44.2 Å². The number of rotatable bonds is 6. The number of aliphatic hydroxyl groups is 1. The first-order valence-electron chi connectivity index (χ1n) is 7.76. The Bertz CT molecular complexity index is 442. The summed E-state index contributed by atoms with van der Waals surface area (Å²) in [5.41, 5.74) is 1.16. The molecule has 21 heavy (non-hydrogen) atoms. The Balaban J connectivity index is 1.98. The molecular weight excluding hydrogens is 266 g/mol. The molecule has 0 radical (unpaired) electrons. The molecule has 2 rings (SSSR count). The molecule has 0 saturated heterocycles. The van der Waals surface area contributed by atoms with Crippen molar-refractivity contribution in [2.45, 2.75) is 44.7 Å². The highest BCUT2D eigenvalue weighted by Crippen LogP contribution is 2.31. The van der Waals surface area contributed by atoms with Crippen molar-refractivity contribution in [1.82, 2.24) is 5.32 Å². The summed E-state index contributed by atoms with van der Waals surface area (Å²) in [4.78, 5) is 0. The summed E-state index contributed by atoms with van der Waals surface area (Å²) in [6.07, 6.45) is 4.49. The van der Waals surface area contributed by atoms with Crippen molar-refractivity contribution >= 4 is 0 Å². The largest absolute Gasteiger partial charge is 0.497 e. The Labute approximate surface area is 127 Å². The number of methoxy groups -OCH3 is 2. The van der Waals surface area contributed by atoms with Gasteiger partial charge < -0.3 is 19.9 Å². The van der Waals surface area contributed by atoms with E-state index >= 15 is 0 Å². The molecule has 0 aliphatic heterocycles. The zero-order valence-corrected chi connectivity index (χ0v) is 13.3. The lowest BCUT2D eigenvalue weighted by Gasteiger charge is -2.31. The van der Waals surface area contributed by atoms with Gasteiger partial charge in [0.05, 0.1) is 14.2 Å². The lowest BCUT2D eigenvalue weighted by atomic mass is 9.86. The molecule has 4 nitrogen and oxygen atoms in total. The Kier molecular flexibility index (Phi) is 5.88. The first kappa shape index (κ1) is 16.1.